The van der Waals surface area contributed by atoms with Gasteiger partial charge in [-0.15, -0.1) is 0 Å². The van der Waals surface area contributed by atoms with Gasteiger partial charge in [-0.1, -0.05) is 0 Å². The third kappa shape index (κ3) is 2.20. The Bertz CT molecular complexity index is 439. The molecule has 1 aliphatic rings. The number of fused-ring (bicyclic) bond motifs is 1. The molecule has 0 saturated carbocycles. The molecule has 2 rings (SSSR count). The van der Waals surface area contributed by atoms with E-state index in [2.05, 4.69) is 0 Å². The van der Waals surface area contributed by atoms with Gasteiger partial charge in [-0.25, -0.2) is 0 Å². The number of carboxylic acid groups (broad SMARTS) is 1. The molecule has 0 spiro atoms. The average molecular weight is 236 g/mol. The number of carboxylic acids is 1. The van der Waals surface area contributed by atoms with Gasteiger partial charge in [0.05, 0.1) is 20.6 Å². The lowest BCUT2D eigenvalue weighted by Gasteiger charge is -2.13. The number of methoxy groups -OCH3 is 2. The number of hydrogen-bond acceptors (Lipinski definition) is 3. The molecule has 1 aromatic rings. The maximum absolute atomic E-state index is 10.8. The van der Waals surface area contributed by atoms with E-state index in [1.807, 2.05) is 12.1 Å². The fourth-order valence-electron chi connectivity index (χ4n) is 2.44. The van der Waals surface area contributed by atoms with Crippen molar-refractivity contribution in [2.24, 2.45) is 0 Å². The molecule has 0 bridgehead atoms. The predicted octanol–water partition coefficient (Wildman–Crippen LogP) is 2.21. The summed E-state index contributed by atoms with van der Waals surface area (Å²) in [4.78, 5) is 10.8. The Balaban J connectivity index is 2.35. The average Bonchev–Trinajstić information content (AvgIpc) is 2.69. The zero-order valence-electron chi connectivity index (χ0n) is 10.0. The molecule has 0 heterocycles. The normalized spacial score (nSPS) is 17.6. The van der Waals surface area contributed by atoms with Crippen LogP contribution >= 0.6 is 0 Å². The number of benzene rings is 1. The zero-order valence-corrected chi connectivity index (χ0v) is 10.0. The van der Waals surface area contributed by atoms with E-state index < -0.39 is 5.97 Å². The molecule has 1 N–H and O–H groups in total. The van der Waals surface area contributed by atoms with Gasteiger partial charge in [-0.2, -0.15) is 0 Å². The molecule has 17 heavy (non-hydrogen) atoms. The molecule has 1 aliphatic carbocycles. The maximum Gasteiger partial charge on any atom is 0.303 e. The number of rotatable bonds is 4. The lowest BCUT2D eigenvalue weighted by Crippen LogP contribution is -2.03. The van der Waals surface area contributed by atoms with Gasteiger partial charge in [0.2, 0.25) is 0 Å². The second kappa shape index (κ2) is 4.65. The van der Waals surface area contributed by atoms with Crippen LogP contribution < -0.4 is 9.47 Å². The fraction of sp³-hybridized carbons (Fsp3) is 0.462. The third-order valence-corrected chi connectivity index (χ3v) is 3.27. The summed E-state index contributed by atoms with van der Waals surface area (Å²) >= 11 is 0. The Kier molecular flexibility index (Phi) is 3.22. The summed E-state index contributed by atoms with van der Waals surface area (Å²) in [6, 6.07) is 3.87. The molecule has 1 unspecified atom stereocenters. The summed E-state index contributed by atoms with van der Waals surface area (Å²) in [6.07, 6.45) is 1.98. The van der Waals surface area contributed by atoms with Crippen molar-refractivity contribution in [3.8, 4) is 11.5 Å². The highest BCUT2D eigenvalue weighted by atomic mass is 16.5. The van der Waals surface area contributed by atoms with Crippen molar-refractivity contribution >= 4 is 5.97 Å². The van der Waals surface area contributed by atoms with Crippen LogP contribution in [0, 0.1) is 0 Å². The molecular formula is C13H16O4. The van der Waals surface area contributed by atoms with E-state index >= 15 is 0 Å². The van der Waals surface area contributed by atoms with Crippen molar-refractivity contribution in [2.45, 2.75) is 25.2 Å². The summed E-state index contributed by atoms with van der Waals surface area (Å²) in [6.45, 7) is 0. The summed E-state index contributed by atoms with van der Waals surface area (Å²) in [5, 5.41) is 8.87. The minimum Gasteiger partial charge on any atom is -0.493 e. The summed E-state index contributed by atoms with van der Waals surface area (Å²) in [7, 11) is 3.19. The van der Waals surface area contributed by atoms with Crippen molar-refractivity contribution in [1.29, 1.82) is 0 Å². The molecule has 0 radical (unpaired) electrons. The van der Waals surface area contributed by atoms with Gasteiger partial charge >= 0.3 is 5.97 Å². The third-order valence-electron chi connectivity index (χ3n) is 3.27. The Morgan fingerprint density at radius 3 is 2.59 bits per heavy atom. The summed E-state index contributed by atoms with van der Waals surface area (Å²) in [5.41, 5.74) is 2.26. The van der Waals surface area contributed by atoms with Crippen LogP contribution in [-0.4, -0.2) is 25.3 Å². The van der Waals surface area contributed by atoms with Crippen LogP contribution in [0.15, 0.2) is 12.1 Å². The van der Waals surface area contributed by atoms with E-state index in [1.165, 1.54) is 5.56 Å². The van der Waals surface area contributed by atoms with E-state index in [0.717, 1.165) is 18.4 Å². The molecule has 1 aromatic carbocycles. The highest BCUT2D eigenvalue weighted by molar-refractivity contribution is 5.68. The first-order valence-electron chi connectivity index (χ1n) is 5.62. The number of ether oxygens (including phenoxy) is 2. The van der Waals surface area contributed by atoms with Gasteiger partial charge in [0.25, 0.3) is 0 Å². The lowest BCUT2D eigenvalue weighted by molar-refractivity contribution is -0.137. The van der Waals surface area contributed by atoms with Crippen molar-refractivity contribution in [2.75, 3.05) is 14.2 Å². The molecule has 0 fully saturated rings. The Hall–Kier alpha value is -1.71. The van der Waals surface area contributed by atoms with Gasteiger partial charge < -0.3 is 14.6 Å². The largest absolute Gasteiger partial charge is 0.493 e. The van der Waals surface area contributed by atoms with Crippen LogP contribution in [0.3, 0.4) is 0 Å². The number of carbonyl (C=O) groups is 1. The van der Waals surface area contributed by atoms with Crippen molar-refractivity contribution in [1.82, 2.24) is 0 Å². The number of aliphatic carboxylic acids is 1. The van der Waals surface area contributed by atoms with Crippen LogP contribution in [-0.2, 0) is 11.2 Å². The maximum atomic E-state index is 10.8. The van der Waals surface area contributed by atoms with Crippen LogP contribution in [0.5, 0.6) is 11.5 Å². The lowest BCUT2D eigenvalue weighted by atomic mass is 9.97. The second-order valence-electron chi connectivity index (χ2n) is 4.24. The highest BCUT2D eigenvalue weighted by Crippen LogP contribution is 2.41. The van der Waals surface area contributed by atoms with E-state index in [0.29, 0.717) is 11.5 Å². The molecule has 0 aromatic heterocycles. The smallest absolute Gasteiger partial charge is 0.303 e. The molecular weight excluding hydrogens is 220 g/mol. The van der Waals surface area contributed by atoms with Gasteiger partial charge in [-0.05, 0) is 42.0 Å². The Morgan fingerprint density at radius 1 is 1.35 bits per heavy atom. The first kappa shape index (κ1) is 11.8. The number of aryl methyl sites for hydroxylation is 1. The second-order valence-corrected chi connectivity index (χ2v) is 4.24. The Morgan fingerprint density at radius 2 is 2.00 bits per heavy atom. The quantitative estimate of drug-likeness (QED) is 0.870. The van der Waals surface area contributed by atoms with E-state index in [-0.39, 0.29) is 12.3 Å². The predicted molar refractivity (Wildman–Crippen MR) is 62.9 cm³/mol. The molecule has 4 heteroatoms. The van der Waals surface area contributed by atoms with Crippen molar-refractivity contribution in [3.05, 3.63) is 23.3 Å². The molecule has 0 saturated heterocycles. The minimum atomic E-state index is -0.752. The van der Waals surface area contributed by atoms with Crippen molar-refractivity contribution in [3.63, 3.8) is 0 Å². The van der Waals surface area contributed by atoms with Gasteiger partial charge in [0.15, 0.2) is 11.5 Å². The van der Waals surface area contributed by atoms with Crippen molar-refractivity contribution < 1.29 is 19.4 Å². The van der Waals surface area contributed by atoms with E-state index in [9.17, 15) is 4.79 Å². The van der Waals surface area contributed by atoms with Crippen LogP contribution in [0.1, 0.15) is 29.9 Å². The van der Waals surface area contributed by atoms with Crippen LogP contribution in [0.25, 0.3) is 0 Å². The van der Waals surface area contributed by atoms with Gasteiger partial charge in [0, 0.05) is 0 Å². The molecule has 0 aliphatic heterocycles. The topological polar surface area (TPSA) is 55.8 Å². The monoisotopic (exact) mass is 236 g/mol. The number of hydrogen-bond donors (Lipinski definition) is 1. The standard InChI is InChI=1S/C13H16O4/c1-16-11-5-8-3-4-9(6-13(14)15)10(8)7-12(11)17-2/h5,7,9H,3-4,6H2,1-2H3,(H,14,15). The molecule has 0 amide bonds. The first-order valence-corrected chi connectivity index (χ1v) is 5.62. The highest BCUT2D eigenvalue weighted by Gasteiger charge is 2.26. The molecule has 92 valence electrons. The fourth-order valence-corrected chi connectivity index (χ4v) is 2.44. The molecule has 1 atom stereocenters. The molecule has 4 nitrogen and oxygen atoms in total. The minimum absolute atomic E-state index is 0.0994. The summed E-state index contributed by atoms with van der Waals surface area (Å²) in [5.74, 6) is 0.728. The summed E-state index contributed by atoms with van der Waals surface area (Å²) < 4.78 is 10.5. The van der Waals surface area contributed by atoms with Gasteiger partial charge in [-0.3, -0.25) is 4.79 Å². The van der Waals surface area contributed by atoms with Gasteiger partial charge in [0.1, 0.15) is 0 Å². The van der Waals surface area contributed by atoms with Crippen LogP contribution in [0.4, 0.5) is 0 Å². The first-order chi connectivity index (χ1) is 8.15. The van der Waals surface area contributed by atoms with E-state index in [1.54, 1.807) is 14.2 Å². The zero-order chi connectivity index (χ0) is 12.4. The van der Waals surface area contributed by atoms with Crippen LogP contribution in [0.2, 0.25) is 0 Å². The Labute approximate surface area is 100 Å². The van der Waals surface area contributed by atoms with E-state index in [4.69, 9.17) is 14.6 Å². The SMILES string of the molecule is COc1cc2c(cc1OC)C(CC(=O)O)CC2.